The van der Waals surface area contributed by atoms with Crippen molar-refractivity contribution in [1.29, 1.82) is 0 Å². The predicted molar refractivity (Wildman–Crippen MR) is 73.2 cm³/mol. The first-order valence-electron chi connectivity index (χ1n) is 7.50. The van der Waals surface area contributed by atoms with Gasteiger partial charge in [0, 0.05) is 25.9 Å². The molecule has 1 atom stereocenters. The van der Waals surface area contributed by atoms with Crippen LogP contribution in [0.5, 0.6) is 0 Å². The fraction of sp³-hybridized carbons (Fsp3) is 0.933. The van der Waals surface area contributed by atoms with Crippen LogP contribution in [0.4, 0.5) is 0 Å². The van der Waals surface area contributed by atoms with E-state index in [0.29, 0.717) is 5.78 Å². The maximum absolute atomic E-state index is 11.2. The molecule has 0 aromatic heterocycles. The molecule has 0 amide bonds. The third-order valence-electron chi connectivity index (χ3n) is 4.06. The Morgan fingerprint density at radius 1 is 1.12 bits per heavy atom. The lowest BCUT2D eigenvalue weighted by Gasteiger charge is -2.27. The Balaban J connectivity index is 2.11. The molecule has 1 saturated heterocycles. The number of hydrogen-bond acceptors (Lipinski definition) is 2. The van der Waals surface area contributed by atoms with Crippen LogP contribution in [0.2, 0.25) is 0 Å². The second-order valence-corrected chi connectivity index (χ2v) is 5.44. The van der Waals surface area contributed by atoms with Crippen LogP contribution in [-0.4, -0.2) is 30.3 Å². The molecule has 0 bridgehead atoms. The van der Waals surface area contributed by atoms with Gasteiger partial charge in [-0.05, 0) is 18.9 Å². The summed E-state index contributed by atoms with van der Waals surface area (Å²) in [7, 11) is 0. The van der Waals surface area contributed by atoms with Crippen molar-refractivity contribution < 1.29 is 4.79 Å². The third kappa shape index (κ3) is 6.21. The van der Waals surface area contributed by atoms with Crippen LogP contribution < -0.4 is 0 Å². The zero-order valence-corrected chi connectivity index (χ0v) is 11.7. The number of ketones is 1. The molecule has 1 aliphatic heterocycles. The molecular weight excluding hydrogens is 210 g/mol. The average molecular weight is 239 g/mol. The van der Waals surface area contributed by atoms with E-state index >= 15 is 0 Å². The van der Waals surface area contributed by atoms with E-state index in [4.69, 9.17) is 0 Å². The Labute approximate surface area is 107 Å². The van der Waals surface area contributed by atoms with Gasteiger partial charge in [0.2, 0.25) is 0 Å². The van der Waals surface area contributed by atoms with Crippen molar-refractivity contribution in [3.05, 3.63) is 0 Å². The fourth-order valence-corrected chi connectivity index (χ4v) is 2.63. The Hall–Kier alpha value is -0.370. The molecule has 0 aromatic carbocycles. The quantitative estimate of drug-likeness (QED) is 0.603. The highest BCUT2D eigenvalue weighted by Crippen LogP contribution is 2.18. The van der Waals surface area contributed by atoms with Crippen LogP contribution in [-0.2, 0) is 4.79 Å². The van der Waals surface area contributed by atoms with E-state index in [2.05, 4.69) is 18.7 Å². The first kappa shape index (κ1) is 14.7. The normalized spacial score (nSPS) is 19.5. The van der Waals surface area contributed by atoms with Crippen molar-refractivity contribution in [2.45, 2.75) is 65.2 Å². The van der Waals surface area contributed by atoms with Crippen molar-refractivity contribution >= 4 is 5.78 Å². The van der Waals surface area contributed by atoms with Crippen molar-refractivity contribution in [2.75, 3.05) is 19.6 Å². The van der Waals surface area contributed by atoms with E-state index in [1.165, 1.54) is 45.1 Å². The number of piperidine rings is 1. The number of nitrogens with zero attached hydrogens (tertiary/aromatic N) is 1. The van der Waals surface area contributed by atoms with Gasteiger partial charge in [0.05, 0.1) is 0 Å². The van der Waals surface area contributed by atoms with Gasteiger partial charge in [-0.2, -0.15) is 0 Å². The van der Waals surface area contributed by atoms with Gasteiger partial charge >= 0.3 is 0 Å². The van der Waals surface area contributed by atoms with Gasteiger partial charge in [0.1, 0.15) is 5.78 Å². The van der Waals surface area contributed by atoms with Crippen LogP contribution in [0.3, 0.4) is 0 Å². The minimum Gasteiger partial charge on any atom is -0.302 e. The van der Waals surface area contributed by atoms with E-state index in [1.54, 1.807) is 0 Å². The summed E-state index contributed by atoms with van der Waals surface area (Å²) >= 11 is 0. The summed E-state index contributed by atoms with van der Waals surface area (Å²) in [6.07, 6.45) is 9.72. The highest BCUT2D eigenvalue weighted by Gasteiger charge is 2.16. The molecule has 17 heavy (non-hydrogen) atoms. The van der Waals surface area contributed by atoms with E-state index in [9.17, 15) is 4.79 Å². The van der Waals surface area contributed by atoms with Gasteiger partial charge in [0.25, 0.3) is 0 Å². The molecule has 0 saturated carbocycles. The van der Waals surface area contributed by atoms with Gasteiger partial charge in [0.15, 0.2) is 0 Å². The first-order chi connectivity index (χ1) is 8.26. The molecule has 1 unspecified atom stereocenters. The minimum atomic E-state index is 0.455. The Kier molecular flexibility index (Phi) is 7.50. The number of hydrogen-bond donors (Lipinski definition) is 0. The maximum Gasteiger partial charge on any atom is 0.135 e. The van der Waals surface area contributed by atoms with Crippen LogP contribution in [0.25, 0.3) is 0 Å². The van der Waals surface area contributed by atoms with Gasteiger partial charge in [-0.3, -0.25) is 4.79 Å². The summed E-state index contributed by atoms with van der Waals surface area (Å²) in [5.74, 6) is 1.36. The summed E-state index contributed by atoms with van der Waals surface area (Å²) < 4.78 is 0. The molecule has 1 aliphatic rings. The van der Waals surface area contributed by atoms with Crippen molar-refractivity contribution in [3.8, 4) is 0 Å². The lowest BCUT2D eigenvalue weighted by molar-refractivity contribution is -0.121. The zero-order valence-electron chi connectivity index (χ0n) is 11.7. The number of unbranched alkanes of at least 4 members (excludes halogenated alkanes) is 2. The Morgan fingerprint density at radius 2 is 1.82 bits per heavy atom. The molecular formula is C15H29NO. The molecule has 2 nitrogen and oxygen atoms in total. The summed E-state index contributed by atoms with van der Waals surface area (Å²) in [6.45, 7) is 7.80. The molecule has 0 aliphatic carbocycles. The van der Waals surface area contributed by atoms with E-state index in [1.807, 2.05) is 0 Å². The molecule has 1 heterocycles. The molecule has 1 fully saturated rings. The van der Waals surface area contributed by atoms with E-state index in [-0.39, 0.29) is 0 Å². The maximum atomic E-state index is 11.2. The van der Waals surface area contributed by atoms with Gasteiger partial charge < -0.3 is 4.90 Å². The molecule has 0 aromatic rings. The topological polar surface area (TPSA) is 20.3 Å². The number of carbonyl (C=O) groups excluding carboxylic acids is 1. The molecule has 0 N–H and O–H groups in total. The highest BCUT2D eigenvalue weighted by atomic mass is 16.1. The summed E-state index contributed by atoms with van der Waals surface area (Å²) in [6, 6.07) is 0. The van der Waals surface area contributed by atoms with Crippen LogP contribution in [0.1, 0.15) is 65.2 Å². The van der Waals surface area contributed by atoms with Crippen molar-refractivity contribution in [2.24, 2.45) is 5.92 Å². The molecule has 0 spiro atoms. The predicted octanol–water partition coefficient (Wildman–Crippen LogP) is 3.65. The largest absolute Gasteiger partial charge is 0.302 e. The fourth-order valence-electron chi connectivity index (χ4n) is 2.63. The van der Waals surface area contributed by atoms with Gasteiger partial charge in [-0.25, -0.2) is 0 Å². The molecule has 0 radical (unpaired) electrons. The number of Topliss-reactive ketones (excluding diaryl/α,β-unsaturated/α-hetero) is 1. The summed E-state index contributed by atoms with van der Waals surface area (Å²) in [5.41, 5.74) is 0. The number of likely N-dealkylation sites (tertiary alicyclic amines) is 1. The molecule has 1 rings (SSSR count). The van der Waals surface area contributed by atoms with Crippen molar-refractivity contribution in [3.63, 3.8) is 0 Å². The van der Waals surface area contributed by atoms with Crippen LogP contribution in [0.15, 0.2) is 0 Å². The van der Waals surface area contributed by atoms with E-state index in [0.717, 1.165) is 31.8 Å². The van der Waals surface area contributed by atoms with Crippen molar-refractivity contribution in [1.82, 2.24) is 4.90 Å². The summed E-state index contributed by atoms with van der Waals surface area (Å²) in [5, 5.41) is 0. The summed E-state index contributed by atoms with van der Waals surface area (Å²) in [4.78, 5) is 13.6. The number of carbonyl (C=O) groups is 1. The second kappa shape index (κ2) is 8.68. The third-order valence-corrected chi connectivity index (χ3v) is 4.06. The standard InChI is InChI=1S/C15H29NO/c1-3-5-6-7-14(4-2)8-11-16-12-9-15(17)10-13-16/h14H,3-13H2,1-2H3. The van der Waals surface area contributed by atoms with Gasteiger partial charge in [-0.15, -0.1) is 0 Å². The second-order valence-electron chi connectivity index (χ2n) is 5.44. The molecule has 100 valence electrons. The smallest absolute Gasteiger partial charge is 0.135 e. The minimum absolute atomic E-state index is 0.455. The number of rotatable bonds is 8. The van der Waals surface area contributed by atoms with Crippen LogP contribution in [0, 0.1) is 5.92 Å². The van der Waals surface area contributed by atoms with Gasteiger partial charge in [-0.1, -0.05) is 46.0 Å². The van der Waals surface area contributed by atoms with Crippen LogP contribution >= 0.6 is 0 Å². The SMILES string of the molecule is CCCCCC(CC)CCN1CCC(=O)CC1. The Bertz CT molecular complexity index is 205. The first-order valence-corrected chi connectivity index (χ1v) is 7.50. The Morgan fingerprint density at radius 3 is 2.41 bits per heavy atom. The monoisotopic (exact) mass is 239 g/mol. The average Bonchev–Trinajstić information content (AvgIpc) is 2.35. The highest BCUT2D eigenvalue weighted by molar-refractivity contribution is 5.79. The lowest BCUT2D eigenvalue weighted by Crippen LogP contribution is -2.35. The zero-order chi connectivity index (χ0) is 12.5. The van der Waals surface area contributed by atoms with E-state index < -0.39 is 0 Å². The lowest BCUT2D eigenvalue weighted by atomic mass is 9.94. The molecule has 2 heteroatoms.